The van der Waals surface area contributed by atoms with Gasteiger partial charge in [0.15, 0.2) is 6.61 Å². The fraction of sp³-hybridized carbons (Fsp3) is 0.143. The van der Waals surface area contributed by atoms with Crippen LogP contribution in [0.1, 0.15) is 15.2 Å². The Hall–Kier alpha value is -2.03. The smallest absolute Gasteiger partial charge is 0.267 e. The lowest BCUT2D eigenvalue weighted by Gasteiger charge is -2.06. The molecule has 0 unspecified atom stereocenters. The summed E-state index contributed by atoms with van der Waals surface area (Å²) >= 11 is 7.36. The highest BCUT2D eigenvalue weighted by atomic mass is 35.5. The highest BCUT2D eigenvalue weighted by Gasteiger charge is 2.14. The van der Waals surface area contributed by atoms with E-state index in [1.165, 1.54) is 11.3 Å². The third-order valence-electron chi connectivity index (χ3n) is 2.52. The molecule has 0 fully saturated rings. The zero-order valence-electron chi connectivity index (χ0n) is 10.6. The molecule has 0 saturated heterocycles. The van der Waals surface area contributed by atoms with Gasteiger partial charge in [0.2, 0.25) is 0 Å². The molecule has 0 radical (unpaired) electrons. The van der Waals surface area contributed by atoms with Gasteiger partial charge in [-0.2, -0.15) is 5.26 Å². The van der Waals surface area contributed by atoms with Crippen LogP contribution in [0.15, 0.2) is 29.6 Å². The molecular weight excluding hydrogens is 296 g/mol. The minimum Gasteiger partial charge on any atom is -0.479 e. The standard InChI is InChI=1S/C14H11ClN2O2S/c1-9-8-20-13(12(9)15)14(18)17-10-2-4-11(5-3-10)19-7-6-16/h2-5,8H,7H2,1H3,(H,17,18). The molecule has 1 amide bonds. The average molecular weight is 307 g/mol. The van der Waals surface area contributed by atoms with Crippen molar-refractivity contribution in [1.82, 2.24) is 0 Å². The summed E-state index contributed by atoms with van der Waals surface area (Å²) in [6, 6.07) is 8.68. The van der Waals surface area contributed by atoms with Gasteiger partial charge in [0, 0.05) is 5.69 Å². The SMILES string of the molecule is Cc1csc(C(=O)Nc2ccc(OCC#N)cc2)c1Cl. The van der Waals surface area contributed by atoms with Crippen LogP contribution < -0.4 is 10.1 Å². The first-order chi connectivity index (χ1) is 9.61. The molecule has 6 heteroatoms. The van der Waals surface area contributed by atoms with E-state index in [1.807, 2.05) is 18.4 Å². The van der Waals surface area contributed by atoms with Gasteiger partial charge in [0.1, 0.15) is 16.7 Å². The molecule has 0 saturated carbocycles. The van der Waals surface area contributed by atoms with Crippen molar-refractivity contribution in [2.24, 2.45) is 0 Å². The number of aryl methyl sites for hydroxylation is 1. The zero-order chi connectivity index (χ0) is 14.5. The molecule has 1 heterocycles. The molecule has 1 N–H and O–H groups in total. The van der Waals surface area contributed by atoms with Crippen molar-refractivity contribution in [3.05, 3.63) is 45.1 Å². The number of benzene rings is 1. The largest absolute Gasteiger partial charge is 0.479 e. The van der Waals surface area contributed by atoms with Crippen molar-refractivity contribution in [2.75, 3.05) is 11.9 Å². The fourth-order valence-electron chi connectivity index (χ4n) is 1.52. The van der Waals surface area contributed by atoms with Crippen molar-refractivity contribution < 1.29 is 9.53 Å². The van der Waals surface area contributed by atoms with Gasteiger partial charge in [-0.15, -0.1) is 11.3 Å². The first-order valence-electron chi connectivity index (χ1n) is 5.76. The van der Waals surface area contributed by atoms with Crippen molar-refractivity contribution in [3.8, 4) is 11.8 Å². The number of nitrogens with one attached hydrogen (secondary N) is 1. The fourth-order valence-corrected chi connectivity index (χ4v) is 2.69. The first kappa shape index (κ1) is 14.4. The highest BCUT2D eigenvalue weighted by molar-refractivity contribution is 7.13. The van der Waals surface area contributed by atoms with Crippen molar-refractivity contribution in [3.63, 3.8) is 0 Å². The number of halogens is 1. The maximum Gasteiger partial charge on any atom is 0.267 e. The predicted molar refractivity (Wildman–Crippen MR) is 79.6 cm³/mol. The second-order valence-corrected chi connectivity index (χ2v) is 5.24. The van der Waals surface area contributed by atoms with Gasteiger partial charge in [0.05, 0.1) is 5.02 Å². The average Bonchev–Trinajstić information content (AvgIpc) is 2.78. The number of anilines is 1. The molecular formula is C14H11ClN2O2S. The Morgan fingerprint density at radius 3 is 2.70 bits per heavy atom. The van der Waals surface area contributed by atoms with Crippen LogP contribution in [0.2, 0.25) is 5.02 Å². The van der Waals surface area contributed by atoms with Crippen molar-refractivity contribution in [1.29, 1.82) is 5.26 Å². The molecule has 0 aliphatic carbocycles. The summed E-state index contributed by atoms with van der Waals surface area (Å²) in [6.07, 6.45) is 0. The van der Waals surface area contributed by atoms with Crippen LogP contribution in [0.5, 0.6) is 5.75 Å². The van der Waals surface area contributed by atoms with E-state index in [2.05, 4.69) is 5.32 Å². The van der Waals surface area contributed by atoms with E-state index < -0.39 is 0 Å². The molecule has 1 aromatic heterocycles. The molecule has 0 atom stereocenters. The Morgan fingerprint density at radius 1 is 1.45 bits per heavy atom. The molecule has 2 rings (SSSR count). The quantitative estimate of drug-likeness (QED) is 0.932. The van der Waals surface area contributed by atoms with Crippen LogP contribution in [-0.4, -0.2) is 12.5 Å². The van der Waals surface area contributed by atoms with E-state index in [-0.39, 0.29) is 12.5 Å². The predicted octanol–water partition coefficient (Wildman–Crippen LogP) is 3.86. The maximum atomic E-state index is 12.0. The first-order valence-corrected chi connectivity index (χ1v) is 7.02. The molecule has 4 nitrogen and oxygen atoms in total. The van der Waals surface area contributed by atoms with Crippen molar-refractivity contribution >= 4 is 34.5 Å². The normalized spacial score (nSPS) is 9.85. The minimum absolute atomic E-state index is 0.00418. The molecule has 20 heavy (non-hydrogen) atoms. The Labute approximate surface area is 125 Å². The number of nitriles is 1. The Balaban J connectivity index is 2.05. The zero-order valence-corrected chi connectivity index (χ0v) is 12.2. The number of carbonyl (C=O) groups is 1. The number of nitrogens with zero attached hydrogens (tertiary/aromatic N) is 1. The summed E-state index contributed by atoms with van der Waals surface area (Å²) in [5.74, 6) is 0.341. The summed E-state index contributed by atoms with van der Waals surface area (Å²) in [4.78, 5) is 12.5. The molecule has 0 spiro atoms. The van der Waals surface area contributed by atoms with Gasteiger partial charge in [-0.05, 0) is 42.1 Å². The second kappa shape index (κ2) is 6.42. The van der Waals surface area contributed by atoms with Crippen LogP contribution in [-0.2, 0) is 0 Å². The van der Waals surface area contributed by atoms with Gasteiger partial charge in [-0.1, -0.05) is 11.6 Å². The maximum absolute atomic E-state index is 12.0. The van der Waals surface area contributed by atoms with E-state index in [4.69, 9.17) is 21.6 Å². The summed E-state index contributed by atoms with van der Waals surface area (Å²) in [6.45, 7) is 1.85. The number of rotatable bonds is 4. The van der Waals surface area contributed by atoms with Crippen LogP contribution in [0.4, 0.5) is 5.69 Å². The Morgan fingerprint density at radius 2 is 2.15 bits per heavy atom. The molecule has 0 bridgehead atoms. The summed E-state index contributed by atoms with van der Waals surface area (Å²) < 4.78 is 5.13. The molecule has 0 aliphatic heterocycles. The van der Waals surface area contributed by atoms with Gasteiger partial charge >= 0.3 is 0 Å². The summed E-state index contributed by atoms with van der Waals surface area (Å²) in [5, 5.41) is 13.5. The Kier molecular flexibility index (Phi) is 4.61. The van der Waals surface area contributed by atoms with Gasteiger partial charge in [0.25, 0.3) is 5.91 Å². The number of hydrogen-bond donors (Lipinski definition) is 1. The summed E-state index contributed by atoms with van der Waals surface area (Å²) in [5.41, 5.74) is 1.53. The van der Waals surface area contributed by atoms with Gasteiger partial charge < -0.3 is 10.1 Å². The van der Waals surface area contributed by atoms with Crippen LogP contribution in [0.3, 0.4) is 0 Å². The minimum atomic E-state index is -0.237. The van der Waals surface area contributed by atoms with Crippen LogP contribution in [0, 0.1) is 18.3 Å². The highest BCUT2D eigenvalue weighted by Crippen LogP contribution is 2.28. The number of thiophene rings is 1. The van der Waals surface area contributed by atoms with E-state index >= 15 is 0 Å². The number of hydrogen-bond acceptors (Lipinski definition) is 4. The topological polar surface area (TPSA) is 62.1 Å². The van der Waals surface area contributed by atoms with E-state index in [9.17, 15) is 4.79 Å². The van der Waals surface area contributed by atoms with E-state index in [1.54, 1.807) is 24.3 Å². The molecule has 2 aromatic rings. The van der Waals surface area contributed by atoms with E-state index in [0.717, 1.165) is 5.56 Å². The lowest BCUT2D eigenvalue weighted by Crippen LogP contribution is -2.10. The second-order valence-electron chi connectivity index (χ2n) is 3.99. The Bertz CT molecular complexity index is 659. The lowest BCUT2D eigenvalue weighted by molar-refractivity contribution is 0.103. The van der Waals surface area contributed by atoms with Gasteiger partial charge in [-0.3, -0.25) is 4.79 Å². The van der Waals surface area contributed by atoms with E-state index in [0.29, 0.717) is 21.3 Å². The number of amides is 1. The number of ether oxygens (including phenoxy) is 1. The molecule has 0 aliphatic rings. The van der Waals surface area contributed by atoms with Crippen LogP contribution in [0.25, 0.3) is 0 Å². The lowest BCUT2D eigenvalue weighted by atomic mass is 10.3. The molecule has 102 valence electrons. The third kappa shape index (κ3) is 3.29. The number of carbonyl (C=O) groups excluding carboxylic acids is 1. The van der Waals surface area contributed by atoms with Gasteiger partial charge in [-0.25, -0.2) is 0 Å². The third-order valence-corrected chi connectivity index (χ3v) is 4.22. The molecule has 1 aromatic carbocycles. The summed E-state index contributed by atoms with van der Waals surface area (Å²) in [7, 11) is 0. The van der Waals surface area contributed by atoms with Crippen LogP contribution >= 0.6 is 22.9 Å². The van der Waals surface area contributed by atoms with Crippen molar-refractivity contribution in [2.45, 2.75) is 6.92 Å². The monoisotopic (exact) mass is 306 g/mol.